The van der Waals surface area contributed by atoms with Crippen LogP contribution < -0.4 is 10.1 Å². The highest BCUT2D eigenvalue weighted by atomic mass is 35.5. The second kappa shape index (κ2) is 8.29. The van der Waals surface area contributed by atoms with Crippen molar-refractivity contribution in [1.82, 2.24) is 0 Å². The van der Waals surface area contributed by atoms with Gasteiger partial charge >= 0.3 is 5.69 Å². The average molecular weight is 403 g/mol. The van der Waals surface area contributed by atoms with E-state index in [9.17, 15) is 10.1 Å². The molecule has 0 aliphatic heterocycles. The van der Waals surface area contributed by atoms with Gasteiger partial charge < -0.3 is 10.1 Å². The summed E-state index contributed by atoms with van der Waals surface area (Å²) in [6, 6.07) is 17.5. The van der Waals surface area contributed by atoms with Crippen molar-refractivity contribution in [2.45, 2.75) is 13.5 Å². The van der Waals surface area contributed by atoms with Gasteiger partial charge in [-0.25, -0.2) is 0 Å². The number of hydrogen-bond acceptors (Lipinski definition) is 4. The molecule has 0 saturated carbocycles. The quantitative estimate of drug-likeness (QED) is 0.375. The van der Waals surface area contributed by atoms with E-state index in [1.54, 1.807) is 18.2 Å². The van der Waals surface area contributed by atoms with Crippen molar-refractivity contribution in [1.29, 1.82) is 0 Å². The van der Waals surface area contributed by atoms with E-state index in [0.717, 1.165) is 11.1 Å². The highest BCUT2D eigenvalue weighted by Crippen LogP contribution is 2.37. The number of nitrogens with one attached hydrogen (secondary N) is 1. The standard InChI is InChI=1S/C20H16Cl2N2O3/c1-13-7-9-16(21)20(19(13)22)23-15-8-10-17(24(25)26)18(11-15)27-12-14-5-3-2-4-6-14/h2-11,23H,12H2,1H3. The number of anilines is 2. The highest BCUT2D eigenvalue weighted by Gasteiger charge is 2.17. The van der Waals surface area contributed by atoms with Crippen LogP contribution in [0, 0.1) is 17.0 Å². The van der Waals surface area contributed by atoms with Crippen LogP contribution in [0.2, 0.25) is 10.0 Å². The molecule has 0 atom stereocenters. The highest BCUT2D eigenvalue weighted by molar-refractivity contribution is 6.39. The summed E-state index contributed by atoms with van der Waals surface area (Å²) in [5, 5.41) is 15.4. The van der Waals surface area contributed by atoms with Crippen molar-refractivity contribution in [3.63, 3.8) is 0 Å². The Morgan fingerprint density at radius 2 is 1.81 bits per heavy atom. The molecule has 0 fully saturated rings. The summed E-state index contributed by atoms with van der Waals surface area (Å²) in [5.41, 5.74) is 2.79. The second-order valence-electron chi connectivity index (χ2n) is 5.89. The van der Waals surface area contributed by atoms with E-state index in [1.807, 2.05) is 43.3 Å². The van der Waals surface area contributed by atoms with Crippen LogP contribution in [-0.4, -0.2) is 4.92 Å². The molecule has 0 amide bonds. The van der Waals surface area contributed by atoms with Crippen LogP contribution in [0.4, 0.5) is 17.1 Å². The van der Waals surface area contributed by atoms with Crippen LogP contribution in [0.15, 0.2) is 60.7 Å². The summed E-state index contributed by atoms with van der Waals surface area (Å²) in [7, 11) is 0. The molecule has 0 spiro atoms. The lowest BCUT2D eigenvalue weighted by molar-refractivity contribution is -0.385. The maximum Gasteiger partial charge on any atom is 0.311 e. The number of benzene rings is 3. The Balaban J connectivity index is 1.89. The van der Waals surface area contributed by atoms with Crippen molar-refractivity contribution in [2.75, 3.05) is 5.32 Å². The lowest BCUT2D eigenvalue weighted by atomic mass is 10.2. The molecule has 3 aromatic carbocycles. The van der Waals surface area contributed by atoms with Gasteiger partial charge in [-0.2, -0.15) is 0 Å². The fourth-order valence-corrected chi connectivity index (χ4v) is 2.97. The molecular weight excluding hydrogens is 387 g/mol. The van der Waals surface area contributed by atoms with E-state index in [2.05, 4.69) is 5.32 Å². The Morgan fingerprint density at radius 1 is 1.07 bits per heavy atom. The number of aryl methyl sites for hydroxylation is 1. The Kier molecular flexibility index (Phi) is 5.84. The Labute approximate surface area is 166 Å². The predicted molar refractivity (Wildman–Crippen MR) is 108 cm³/mol. The van der Waals surface area contributed by atoms with E-state index >= 15 is 0 Å². The van der Waals surface area contributed by atoms with Gasteiger partial charge in [-0.15, -0.1) is 0 Å². The molecule has 0 saturated heterocycles. The molecule has 7 heteroatoms. The van der Waals surface area contributed by atoms with Crippen molar-refractivity contribution in [3.05, 3.63) is 92.0 Å². The fourth-order valence-electron chi connectivity index (χ4n) is 2.51. The number of nitro benzene ring substituents is 1. The zero-order chi connectivity index (χ0) is 19.4. The maximum absolute atomic E-state index is 11.3. The van der Waals surface area contributed by atoms with Crippen LogP contribution in [0.5, 0.6) is 5.75 Å². The van der Waals surface area contributed by atoms with Gasteiger partial charge in [0, 0.05) is 17.8 Å². The molecule has 1 N–H and O–H groups in total. The normalized spacial score (nSPS) is 10.5. The monoisotopic (exact) mass is 402 g/mol. The van der Waals surface area contributed by atoms with E-state index in [0.29, 0.717) is 21.4 Å². The largest absolute Gasteiger partial charge is 0.482 e. The van der Waals surface area contributed by atoms with Crippen molar-refractivity contribution >= 4 is 40.3 Å². The minimum absolute atomic E-state index is 0.113. The van der Waals surface area contributed by atoms with Crippen LogP contribution >= 0.6 is 23.2 Å². The smallest absolute Gasteiger partial charge is 0.311 e. The zero-order valence-corrected chi connectivity index (χ0v) is 15.9. The molecule has 138 valence electrons. The Morgan fingerprint density at radius 3 is 2.52 bits per heavy atom. The molecule has 3 aromatic rings. The van der Waals surface area contributed by atoms with E-state index in [4.69, 9.17) is 27.9 Å². The molecule has 0 aliphatic carbocycles. The first-order valence-corrected chi connectivity index (χ1v) is 8.88. The molecule has 0 radical (unpaired) electrons. The van der Waals surface area contributed by atoms with Gasteiger partial charge in [0.2, 0.25) is 0 Å². The summed E-state index contributed by atoms with van der Waals surface area (Å²) in [6.45, 7) is 2.09. The third kappa shape index (κ3) is 4.51. The van der Waals surface area contributed by atoms with Gasteiger partial charge in [-0.3, -0.25) is 10.1 Å². The van der Waals surface area contributed by atoms with Crippen molar-refractivity contribution in [2.24, 2.45) is 0 Å². The SMILES string of the molecule is Cc1ccc(Cl)c(Nc2ccc([N+](=O)[O-])c(OCc3ccccc3)c2)c1Cl. The van der Waals surface area contributed by atoms with E-state index in [-0.39, 0.29) is 18.0 Å². The number of nitrogens with zero attached hydrogens (tertiary/aromatic N) is 1. The third-order valence-electron chi connectivity index (χ3n) is 3.95. The molecule has 0 aliphatic rings. The Bertz CT molecular complexity index is 978. The molecular formula is C20H16Cl2N2O3. The van der Waals surface area contributed by atoms with Gasteiger partial charge in [-0.1, -0.05) is 59.6 Å². The number of nitro groups is 1. The summed E-state index contributed by atoms with van der Waals surface area (Å²) < 4.78 is 5.70. The number of ether oxygens (including phenoxy) is 1. The average Bonchev–Trinajstić information content (AvgIpc) is 2.67. The van der Waals surface area contributed by atoms with Crippen LogP contribution in [0.3, 0.4) is 0 Å². The van der Waals surface area contributed by atoms with Crippen LogP contribution in [0.25, 0.3) is 0 Å². The minimum Gasteiger partial charge on any atom is -0.482 e. The summed E-state index contributed by atoms with van der Waals surface area (Å²) in [6.07, 6.45) is 0. The fraction of sp³-hybridized carbons (Fsp3) is 0.100. The third-order valence-corrected chi connectivity index (χ3v) is 4.75. The molecule has 0 aromatic heterocycles. The Hall–Kier alpha value is -2.76. The predicted octanol–water partition coefficient (Wildman–Crippen LogP) is 6.53. The molecule has 0 bridgehead atoms. The number of hydrogen-bond donors (Lipinski definition) is 1. The maximum atomic E-state index is 11.3. The van der Waals surface area contributed by atoms with Crippen molar-refractivity contribution in [3.8, 4) is 5.75 Å². The zero-order valence-electron chi connectivity index (χ0n) is 14.4. The number of halogens is 2. The van der Waals surface area contributed by atoms with E-state index in [1.165, 1.54) is 6.07 Å². The number of rotatable bonds is 6. The topological polar surface area (TPSA) is 64.4 Å². The first-order chi connectivity index (χ1) is 13.0. The first-order valence-electron chi connectivity index (χ1n) is 8.12. The molecule has 0 unspecified atom stereocenters. The first kappa shape index (κ1) is 19.0. The van der Waals surface area contributed by atoms with Gasteiger partial charge in [0.25, 0.3) is 0 Å². The van der Waals surface area contributed by atoms with E-state index < -0.39 is 4.92 Å². The lowest BCUT2D eigenvalue weighted by Gasteiger charge is -2.14. The molecule has 3 rings (SSSR count). The van der Waals surface area contributed by atoms with Gasteiger partial charge in [-0.05, 0) is 30.2 Å². The summed E-state index contributed by atoms with van der Waals surface area (Å²) in [4.78, 5) is 10.8. The second-order valence-corrected chi connectivity index (χ2v) is 6.68. The van der Waals surface area contributed by atoms with Crippen molar-refractivity contribution < 1.29 is 9.66 Å². The van der Waals surface area contributed by atoms with Gasteiger partial charge in [0.15, 0.2) is 5.75 Å². The lowest BCUT2D eigenvalue weighted by Crippen LogP contribution is -2.01. The molecule has 27 heavy (non-hydrogen) atoms. The minimum atomic E-state index is -0.475. The molecule has 0 heterocycles. The van der Waals surface area contributed by atoms with Gasteiger partial charge in [0.05, 0.1) is 20.7 Å². The van der Waals surface area contributed by atoms with Crippen LogP contribution in [0.1, 0.15) is 11.1 Å². The molecule has 5 nitrogen and oxygen atoms in total. The van der Waals surface area contributed by atoms with Crippen LogP contribution in [-0.2, 0) is 6.61 Å². The van der Waals surface area contributed by atoms with Gasteiger partial charge in [0.1, 0.15) is 6.61 Å². The summed E-state index contributed by atoms with van der Waals surface area (Å²) in [5.74, 6) is 0.161. The summed E-state index contributed by atoms with van der Waals surface area (Å²) >= 11 is 12.6.